The first-order valence-corrected chi connectivity index (χ1v) is 6.11. The van der Waals surface area contributed by atoms with Gasteiger partial charge in [-0.25, -0.2) is 0 Å². The predicted molar refractivity (Wildman–Crippen MR) is 65.2 cm³/mol. The van der Waals surface area contributed by atoms with E-state index in [0.29, 0.717) is 12.6 Å². The third-order valence-corrected chi connectivity index (χ3v) is 2.29. The lowest BCUT2D eigenvalue weighted by molar-refractivity contribution is 0.102. The Morgan fingerprint density at radius 2 is 2.06 bits per heavy atom. The van der Waals surface area contributed by atoms with Crippen molar-refractivity contribution in [3.05, 3.63) is 23.7 Å². The van der Waals surface area contributed by atoms with Gasteiger partial charge in [-0.15, -0.1) is 0 Å². The van der Waals surface area contributed by atoms with Gasteiger partial charge in [0.05, 0.1) is 6.54 Å². The van der Waals surface area contributed by atoms with Gasteiger partial charge in [0.25, 0.3) is 0 Å². The molecule has 0 spiro atoms. The average Bonchev–Trinajstić information content (AvgIpc) is 2.70. The van der Waals surface area contributed by atoms with Crippen LogP contribution in [0.4, 0.5) is 0 Å². The topological polar surface area (TPSA) is 34.4 Å². The molecule has 0 atom stereocenters. The third-order valence-electron chi connectivity index (χ3n) is 2.29. The largest absolute Gasteiger partial charge is 0.462 e. The van der Waals surface area contributed by atoms with Crippen molar-refractivity contribution >= 4 is 0 Å². The molecular weight excluding hydrogens is 202 g/mol. The van der Waals surface area contributed by atoms with Crippen LogP contribution in [0.15, 0.2) is 16.5 Å². The smallest absolute Gasteiger partial charge is 0.129 e. The van der Waals surface area contributed by atoms with Crippen LogP contribution in [0, 0.1) is 0 Å². The molecule has 3 heteroatoms. The van der Waals surface area contributed by atoms with Crippen LogP contribution in [0.5, 0.6) is 0 Å². The van der Waals surface area contributed by atoms with Crippen molar-refractivity contribution in [2.75, 3.05) is 6.61 Å². The zero-order valence-electron chi connectivity index (χ0n) is 10.6. The van der Waals surface area contributed by atoms with Crippen LogP contribution in [0.25, 0.3) is 0 Å². The number of rotatable bonds is 8. The summed E-state index contributed by atoms with van der Waals surface area (Å²) in [6, 6.07) is 4.48. The van der Waals surface area contributed by atoms with Crippen LogP contribution in [0.1, 0.15) is 45.1 Å². The van der Waals surface area contributed by atoms with Crippen molar-refractivity contribution in [2.45, 2.75) is 52.8 Å². The van der Waals surface area contributed by atoms with E-state index in [4.69, 9.17) is 9.15 Å². The Morgan fingerprint density at radius 3 is 2.75 bits per heavy atom. The fourth-order valence-corrected chi connectivity index (χ4v) is 1.32. The Balaban J connectivity index is 2.22. The zero-order valence-corrected chi connectivity index (χ0v) is 10.6. The molecule has 0 unspecified atom stereocenters. The highest BCUT2D eigenvalue weighted by Gasteiger charge is 2.02. The van der Waals surface area contributed by atoms with Crippen molar-refractivity contribution in [2.24, 2.45) is 0 Å². The Kier molecular flexibility index (Phi) is 6.19. The summed E-state index contributed by atoms with van der Waals surface area (Å²) in [6.07, 6.45) is 2.28. The molecule has 0 bridgehead atoms. The highest BCUT2D eigenvalue weighted by atomic mass is 16.5. The monoisotopic (exact) mass is 225 g/mol. The molecule has 1 rings (SSSR count). The van der Waals surface area contributed by atoms with Crippen LogP contribution in [-0.4, -0.2) is 12.6 Å². The lowest BCUT2D eigenvalue weighted by Crippen LogP contribution is -2.21. The first-order chi connectivity index (χ1) is 7.72. The molecule has 0 fully saturated rings. The van der Waals surface area contributed by atoms with E-state index >= 15 is 0 Å². The van der Waals surface area contributed by atoms with Gasteiger partial charge >= 0.3 is 0 Å². The lowest BCUT2D eigenvalue weighted by Gasteiger charge is -2.05. The fraction of sp³-hybridized carbons (Fsp3) is 0.692. The SMILES string of the molecule is CCCCOCc1ccc(CNC(C)C)o1. The molecule has 1 heterocycles. The summed E-state index contributed by atoms with van der Waals surface area (Å²) in [5.41, 5.74) is 0. The maximum absolute atomic E-state index is 5.63. The zero-order chi connectivity index (χ0) is 11.8. The van der Waals surface area contributed by atoms with E-state index in [1.807, 2.05) is 12.1 Å². The van der Waals surface area contributed by atoms with Crippen molar-refractivity contribution in [1.82, 2.24) is 5.32 Å². The summed E-state index contributed by atoms with van der Waals surface area (Å²) in [5, 5.41) is 3.32. The highest BCUT2D eigenvalue weighted by Crippen LogP contribution is 2.09. The normalized spacial score (nSPS) is 11.2. The second-order valence-corrected chi connectivity index (χ2v) is 4.31. The van der Waals surface area contributed by atoms with Gasteiger partial charge in [-0.05, 0) is 18.6 Å². The Bertz CT molecular complexity index is 281. The summed E-state index contributed by atoms with van der Waals surface area (Å²) >= 11 is 0. The maximum atomic E-state index is 5.63. The van der Waals surface area contributed by atoms with Crippen LogP contribution in [-0.2, 0) is 17.9 Å². The van der Waals surface area contributed by atoms with Crippen molar-refractivity contribution < 1.29 is 9.15 Å². The van der Waals surface area contributed by atoms with Gasteiger partial charge in [0.2, 0.25) is 0 Å². The summed E-state index contributed by atoms with van der Waals surface area (Å²) in [5.74, 6) is 1.89. The summed E-state index contributed by atoms with van der Waals surface area (Å²) in [6.45, 7) is 8.59. The van der Waals surface area contributed by atoms with Gasteiger partial charge in [-0.3, -0.25) is 0 Å². The van der Waals surface area contributed by atoms with E-state index in [1.54, 1.807) is 0 Å². The molecule has 3 nitrogen and oxygen atoms in total. The fourth-order valence-electron chi connectivity index (χ4n) is 1.32. The number of unbranched alkanes of at least 4 members (excludes halogenated alkanes) is 1. The van der Waals surface area contributed by atoms with E-state index in [0.717, 1.165) is 31.1 Å². The number of furan rings is 1. The quantitative estimate of drug-likeness (QED) is 0.690. The van der Waals surface area contributed by atoms with Crippen LogP contribution in [0.3, 0.4) is 0 Å². The van der Waals surface area contributed by atoms with Crippen LogP contribution >= 0.6 is 0 Å². The van der Waals surface area contributed by atoms with Gasteiger partial charge in [0.15, 0.2) is 0 Å². The Labute approximate surface area is 98.2 Å². The molecule has 0 saturated heterocycles. The van der Waals surface area contributed by atoms with E-state index in [2.05, 4.69) is 26.1 Å². The number of ether oxygens (including phenoxy) is 1. The lowest BCUT2D eigenvalue weighted by atomic mass is 10.3. The molecule has 92 valence electrons. The van der Waals surface area contributed by atoms with Gasteiger partial charge < -0.3 is 14.5 Å². The third kappa shape index (κ3) is 5.33. The summed E-state index contributed by atoms with van der Waals surface area (Å²) in [4.78, 5) is 0. The first-order valence-electron chi connectivity index (χ1n) is 6.11. The average molecular weight is 225 g/mol. The second kappa shape index (κ2) is 7.47. The Hall–Kier alpha value is -0.800. The predicted octanol–water partition coefficient (Wildman–Crippen LogP) is 3.09. The van der Waals surface area contributed by atoms with Gasteiger partial charge in [0.1, 0.15) is 18.1 Å². The summed E-state index contributed by atoms with van der Waals surface area (Å²) in [7, 11) is 0. The summed E-state index contributed by atoms with van der Waals surface area (Å²) < 4.78 is 11.1. The standard InChI is InChI=1S/C13H23NO2/c1-4-5-8-15-10-13-7-6-12(16-13)9-14-11(2)3/h6-7,11,14H,4-5,8-10H2,1-3H3. The highest BCUT2D eigenvalue weighted by molar-refractivity contribution is 5.06. The van der Waals surface area contributed by atoms with Crippen LogP contribution < -0.4 is 5.32 Å². The number of hydrogen-bond acceptors (Lipinski definition) is 3. The number of nitrogens with one attached hydrogen (secondary N) is 1. The molecule has 1 aromatic rings. The van der Waals surface area contributed by atoms with Crippen molar-refractivity contribution in [3.8, 4) is 0 Å². The first kappa shape index (κ1) is 13.3. The minimum atomic E-state index is 0.481. The molecule has 0 aliphatic heterocycles. The molecule has 0 aromatic carbocycles. The molecule has 0 amide bonds. The van der Waals surface area contributed by atoms with Crippen molar-refractivity contribution in [3.63, 3.8) is 0 Å². The van der Waals surface area contributed by atoms with E-state index < -0.39 is 0 Å². The number of hydrogen-bond donors (Lipinski definition) is 1. The maximum Gasteiger partial charge on any atom is 0.129 e. The molecule has 0 aliphatic carbocycles. The van der Waals surface area contributed by atoms with Gasteiger partial charge in [-0.2, -0.15) is 0 Å². The minimum absolute atomic E-state index is 0.481. The molecule has 1 aromatic heterocycles. The Morgan fingerprint density at radius 1 is 1.31 bits per heavy atom. The van der Waals surface area contributed by atoms with E-state index in [9.17, 15) is 0 Å². The molecule has 1 N–H and O–H groups in total. The van der Waals surface area contributed by atoms with Gasteiger partial charge in [0, 0.05) is 12.6 Å². The molecular formula is C13H23NO2. The molecule has 0 aliphatic rings. The molecule has 16 heavy (non-hydrogen) atoms. The molecule has 0 saturated carbocycles. The van der Waals surface area contributed by atoms with E-state index in [1.165, 1.54) is 6.42 Å². The van der Waals surface area contributed by atoms with Gasteiger partial charge in [-0.1, -0.05) is 27.2 Å². The van der Waals surface area contributed by atoms with Crippen molar-refractivity contribution in [1.29, 1.82) is 0 Å². The van der Waals surface area contributed by atoms with Crippen LogP contribution in [0.2, 0.25) is 0 Å². The molecule has 0 radical (unpaired) electrons. The minimum Gasteiger partial charge on any atom is -0.462 e. The van der Waals surface area contributed by atoms with E-state index in [-0.39, 0.29) is 0 Å². The second-order valence-electron chi connectivity index (χ2n) is 4.31.